The number of hydrogen-bond donors (Lipinski definition) is 2. The van der Waals surface area contributed by atoms with E-state index in [0.29, 0.717) is 10.8 Å². The lowest BCUT2D eigenvalue weighted by Crippen LogP contribution is -2.12. The van der Waals surface area contributed by atoms with E-state index in [1.807, 2.05) is 12.4 Å². The van der Waals surface area contributed by atoms with Crippen LogP contribution in [0.1, 0.15) is 12.5 Å². The summed E-state index contributed by atoms with van der Waals surface area (Å²) in [6.07, 6.45) is 6.74. The molecule has 3 aromatic heterocycles. The standard InChI is InChI=1S/C12H13N7S/c1-2-13-3-8-4-14-12(15-5-8)20-11-9-10(17-6-16-9)18-7-19-11/h4-7,13H,2-3H2,1H3,(H,16,17,18,19). The number of aromatic amines is 1. The van der Waals surface area contributed by atoms with Crippen LogP contribution < -0.4 is 5.32 Å². The quantitative estimate of drug-likeness (QED) is 0.541. The molecule has 8 heteroatoms. The average molecular weight is 287 g/mol. The minimum Gasteiger partial charge on any atom is -0.341 e. The van der Waals surface area contributed by atoms with E-state index in [2.05, 4.69) is 42.1 Å². The van der Waals surface area contributed by atoms with Crippen LogP contribution in [0.3, 0.4) is 0 Å². The first-order valence-corrected chi connectivity index (χ1v) is 7.02. The molecule has 0 aromatic carbocycles. The minimum atomic E-state index is 0.645. The molecule has 0 fully saturated rings. The molecule has 20 heavy (non-hydrogen) atoms. The highest BCUT2D eigenvalue weighted by atomic mass is 32.2. The third kappa shape index (κ3) is 2.75. The van der Waals surface area contributed by atoms with Crippen molar-refractivity contribution in [1.82, 2.24) is 35.2 Å². The van der Waals surface area contributed by atoms with Gasteiger partial charge in [0.25, 0.3) is 0 Å². The second kappa shape index (κ2) is 5.93. The summed E-state index contributed by atoms with van der Waals surface area (Å²) in [5, 5.41) is 4.66. The summed E-state index contributed by atoms with van der Waals surface area (Å²) in [7, 11) is 0. The van der Waals surface area contributed by atoms with Crippen LogP contribution in [0.15, 0.2) is 35.2 Å². The first kappa shape index (κ1) is 12.9. The first-order valence-electron chi connectivity index (χ1n) is 6.20. The topological polar surface area (TPSA) is 92.3 Å². The Kier molecular flexibility index (Phi) is 3.84. The maximum Gasteiger partial charge on any atom is 0.193 e. The monoisotopic (exact) mass is 287 g/mol. The van der Waals surface area contributed by atoms with Gasteiger partial charge in [-0.2, -0.15) is 0 Å². The molecule has 0 saturated heterocycles. The summed E-state index contributed by atoms with van der Waals surface area (Å²) in [5.74, 6) is 0. The fraction of sp³-hybridized carbons (Fsp3) is 0.250. The van der Waals surface area contributed by atoms with Gasteiger partial charge < -0.3 is 10.3 Å². The van der Waals surface area contributed by atoms with Gasteiger partial charge >= 0.3 is 0 Å². The van der Waals surface area contributed by atoms with Gasteiger partial charge in [-0.1, -0.05) is 6.92 Å². The van der Waals surface area contributed by atoms with E-state index >= 15 is 0 Å². The number of aromatic nitrogens is 6. The lowest BCUT2D eigenvalue weighted by molar-refractivity contribution is 0.716. The van der Waals surface area contributed by atoms with Crippen molar-refractivity contribution in [2.24, 2.45) is 0 Å². The molecule has 0 atom stereocenters. The molecule has 7 nitrogen and oxygen atoms in total. The molecule has 102 valence electrons. The molecular weight excluding hydrogens is 274 g/mol. The van der Waals surface area contributed by atoms with Gasteiger partial charge in [-0.25, -0.2) is 24.9 Å². The maximum absolute atomic E-state index is 4.34. The van der Waals surface area contributed by atoms with Crippen LogP contribution in [0.5, 0.6) is 0 Å². The molecule has 0 saturated carbocycles. The number of rotatable bonds is 5. The summed E-state index contributed by atoms with van der Waals surface area (Å²) in [6, 6.07) is 0. The van der Waals surface area contributed by atoms with Crippen LogP contribution in [0, 0.1) is 0 Å². The molecule has 0 amide bonds. The zero-order chi connectivity index (χ0) is 13.8. The Bertz CT molecular complexity index is 694. The summed E-state index contributed by atoms with van der Waals surface area (Å²) < 4.78 is 0. The first-order chi connectivity index (χ1) is 9.86. The van der Waals surface area contributed by atoms with Crippen molar-refractivity contribution in [2.45, 2.75) is 23.7 Å². The van der Waals surface area contributed by atoms with Crippen molar-refractivity contribution in [3.63, 3.8) is 0 Å². The average Bonchev–Trinajstić information content (AvgIpc) is 2.96. The number of hydrogen-bond acceptors (Lipinski definition) is 7. The van der Waals surface area contributed by atoms with Gasteiger partial charge in [0.1, 0.15) is 16.9 Å². The number of imidazole rings is 1. The van der Waals surface area contributed by atoms with E-state index in [-0.39, 0.29) is 0 Å². The molecule has 0 aliphatic heterocycles. The van der Waals surface area contributed by atoms with Crippen molar-refractivity contribution in [3.8, 4) is 0 Å². The van der Waals surface area contributed by atoms with Crippen molar-refractivity contribution < 1.29 is 0 Å². The molecule has 3 heterocycles. The van der Waals surface area contributed by atoms with Crippen molar-refractivity contribution >= 4 is 22.9 Å². The van der Waals surface area contributed by atoms with Gasteiger partial charge in [0, 0.05) is 24.5 Å². The Hall–Kier alpha value is -2.06. The highest BCUT2D eigenvalue weighted by Gasteiger charge is 2.09. The zero-order valence-electron chi connectivity index (χ0n) is 10.9. The van der Waals surface area contributed by atoms with E-state index in [9.17, 15) is 0 Å². The summed E-state index contributed by atoms with van der Waals surface area (Å²) in [4.78, 5) is 24.1. The Morgan fingerprint density at radius 1 is 1.15 bits per heavy atom. The van der Waals surface area contributed by atoms with E-state index in [1.165, 1.54) is 18.1 Å². The SMILES string of the molecule is CCNCc1cnc(Sc2ncnc3nc[nH]c23)nc1. The number of nitrogens with one attached hydrogen (secondary N) is 2. The molecule has 0 spiro atoms. The molecule has 0 unspecified atom stereocenters. The van der Waals surface area contributed by atoms with Crippen LogP contribution in [-0.2, 0) is 6.54 Å². The predicted molar refractivity (Wildman–Crippen MR) is 75.2 cm³/mol. The Morgan fingerprint density at radius 3 is 2.80 bits per heavy atom. The van der Waals surface area contributed by atoms with Crippen molar-refractivity contribution in [2.75, 3.05) is 6.54 Å². The highest BCUT2D eigenvalue weighted by molar-refractivity contribution is 7.99. The molecule has 3 rings (SSSR count). The zero-order valence-corrected chi connectivity index (χ0v) is 11.7. The second-order valence-electron chi connectivity index (χ2n) is 4.04. The van der Waals surface area contributed by atoms with Gasteiger partial charge in [0.05, 0.1) is 6.33 Å². The van der Waals surface area contributed by atoms with Crippen molar-refractivity contribution in [3.05, 3.63) is 30.6 Å². The Labute approximate surface area is 119 Å². The minimum absolute atomic E-state index is 0.645. The molecular formula is C12H13N7S. The van der Waals surface area contributed by atoms with Gasteiger partial charge in [-0.3, -0.25) is 0 Å². The predicted octanol–water partition coefficient (Wildman–Crippen LogP) is 1.40. The molecule has 0 aliphatic carbocycles. The largest absolute Gasteiger partial charge is 0.341 e. The van der Waals surface area contributed by atoms with Gasteiger partial charge in [0.15, 0.2) is 10.8 Å². The van der Waals surface area contributed by atoms with E-state index in [0.717, 1.165) is 29.2 Å². The van der Waals surface area contributed by atoms with E-state index in [4.69, 9.17) is 0 Å². The van der Waals surface area contributed by atoms with Crippen LogP contribution in [0.25, 0.3) is 11.2 Å². The van der Waals surface area contributed by atoms with Crippen LogP contribution in [0.2, 0.25) is 0 Å². The van der Waals surface area contributed by atoms with Gasteiger partial charge in [-0.15, -0.1) is 0 Å². The summed E-state index contributed by atoms with van der Waals surface area (Å²) >= 11 is 1.39. The van der Waals surface area contributed by atoms with Crippen LogP contribution in [0.4, 0.5) is 0 Å². The van der Waals surface area contributed by atoms with E-state index < -0.39 is 0 Å². The number of H-pyrrole nitrogens is 1. The molecule has 0 bridgehead atoms. The lowest BCUT2D eigenvalue weighted by atomic mass is 10.3. The lowest BCUT2D eigenvalue weighted by Gasteiger charge is -2.03. The molecule has 2 N–H and O–H groups in total. The van der Waals surface area contributed by atoms with Crippen molar-refractivity contribution in [1.29, 1.82) is 0 Å². The summed E-state index contributed by atoms with van der Waals surface area (Å²) in [6.45, 7) is 3.77. The Morgan fingerprint density at radius 2 is 2.00 bits per heavy atom. The van der Waals surface area contributed by atoms with Gasteiger partial charge in [-0.05, 0) is 18.3 Å². The van der Waals surface area contributed by atoms with Crippen LogP contribution >= 0.6 is 11.8 Å². The molecule has 0 radical (unpaired) electrons. The number of fused-ring (bicyclic) bond motifs is 1. The maximum atomic E-state index is 4.34. The fourth-order valence-electron chi connectivity index (χ4n) is 1.66. The smallest absolute Gasteiger partial charge is 0.193 e. The molecule has 0 aliphatic rings. The van der Waals surface area contributed by atoms with Crippen LogP contribution in [-0.4, -0.2) is 36.4 Å². The number of nitrogens with zero attached hydrogens (tertiary/aromatic N) is 5. The third-order valence-corrected chi connectivity index (χ3v) is 3.53. The normalized spacial score (nSPS) is 11.1. The van der Waals surface area contributed by atoms with E-state index in [1.54, 1.807) is 6.33 Å². The third-order valence-electron chi connectivity index (χ3n) is 2.64. The second-order valence-corrected chi connectivity index (χ2v) is 4.99. The Balaban J connectivity index is 1.79. The fourth-order valence-corrected chi connectivity index (χ4v) is 2.40. The highest BCUT2D eigenvalue weighted by Crippen LogP contribution is 2.26. The van der Waals surface area contributed by atoms with Gasteiger partial charge in [0.2, 0.25) is 0 Å². The summed E-state index contributed by atoms with van der Waals surface area (Å²) in [5.41, 5.74) is 2.51. The molecule has 3 aromatic rings.